The fourth-order valence-electron chi connectivity index (χ4n) is 3.89. The van der Waals surface area contributed by atoms with Crippen LogP contribution in [0.2, 0.25) is 0 Å². The SMILES string of the molecule is O=C(NCCc1ccccc1)C1CCCN1C(=O)c1cccc(-c2ccccn2)c1. The summed E-state index contributed by atoms with van der Waals surface area (Å²) in [5.74, 6) is -0.175. The number of hydrogen-bond donors (Lipinski definition) is 1. The first-order chi connectivity index (χ1) is 14.7. The summed E-state index contributed by atoms with van der Waals surface area (Å²) in [7, 11) is 0. The maximum absolute atomic E-state index is 13.2. The predicted molar refractivity (Wildman–Crippen MR) is 117 cm³/mol. The Morgan fingerprint density at radius 3 is 2.63 bits per heavy atom. The average molecular weight is 399 g/mol. The van der Waals surface area contributed by atoms with Gasteiger partial charge in [0.15, 0.2) is 0 Å². The lowest BCUT2D eigenvalue weighted by Gasteiger charge is -2.24. The highest BCUT2D eigenvalue weighted by Gasteiger charge is 2.34. The minimum Gasteiger partial charge on any atom is -0.354 e. The zero-order valence-corrected chi connectivity index (χ0v) is 16.8. The molecule has 3 aromatic rings. The van der Waals surface area contributed by atoms with Crippen LogP contribution >= 0.6 is 0 Å². The number of nitrogens with one attached hydrogen (secondary N) is 1. The molecule has 0 aliphatic carbocycles. The van der Waals surface area contributed by atoms with E-state index in [1.54, 1.807) is 17.2 Å². The van der Waals surface area contributed by atoms with Crippen LogP contribution in [0.1, 0.15) is 28.8 Å². The molecule has 2 heterocycles. The number of aromatic nitrogens is 1. The highest BCUT2D eigenvalue weighted by Crippen LogP contribution is 2.23. The maximum Gasteiger partial charge on any atom is 0.254 e. The summed E-state index contributed by atoms with van der Waals surface area (Å²) in [6.45, 7) is 1.17. The molecule has 0 spiro atoms. The number of hydrogen-bond acceptors (Lipinski definition) is 3. The van der Waals surface area contributed by atoms with Crippen molar-refractivity contribution in [1.29, 1.82) is 0 Å². The number of rotatable bonds is 6. The molecule has 1 N–H and O–H groups in total. The third-order valence-electron chi connectivity index (χ3n) is 5.44. The standard InChI is InChI=1S/C25H25N3O2/c29-24(27-16-14-19-8-2-1-3-9-19)23-13-7-17-28(23)25(30)21-11-6-10-20(18-21)22-12-4-5-15-26-22/h1-6,8-12,15,18,23H,7,13-14,16-17H2,(H,27,29). The summed E-state index contributed by atoms with van der Waals surface area (Å²) in [5.41, 5.74) is 3.49. The molecule has 1 unspecified atom stereocenters. The molecule has 5 nitrogen and oxygen atoms in total. The van der Waals surface area contributed by atoms with Gasteiger partial charge in [0.25, 0.3) is 5.91 Å². The monoisotopic (exact) mass is 399 g/mol. The normalized spacial score (nSPS) is 15.7. The van der Waals surface area contributed by atoms with Crippen LogP contribution in [0.25, 0.3) is 11.3 Å². The number of carbonyl (C=O) groups excluding carboxylic acids is 2. The Hall–Kier alpha value is -3.47. The number of benzene rings is 2. The molecule has 0 radical (unpaired) electrons. The summed E-state index contributed by atoms with van der Waals surface area (Å²) in [6, 6.07) is 22.8. The zero-order chi connectivity index (χ0) is 20.8. The number of pyridine rings is 1. The van der Waals surface area contributed by atoms with Crippen LogP contribution < -0.4 is 5.32 Å². The molecule has 0 saturated carbocycles. The molecule has 0 bridgehead atoms. The molecule has 1 fully saturated rings. The second kappa shape index (κ2) is 9.35. The van der Waals surface area contributed by atoms with Crippen LogP contribution in [-0.4, -0.2) is 40.8 Å². The Bertz CT molecular complexity index is 1010. The fourth-order valence-corrected chi connectivity index (χ4v) is 3.89. The first-order valence-corrected chi connectivity index (χ1v) is 10.4. The number of nitrogens with zero attached hydrogens (tertiary/aromatic N) is 2. The summed E-state index contributed by atoms with van der Waals surface area (Å²) in [4.78, 5) is 32.0. The van der Waals surface area contributed by atoms with Crippen LogP contribution in [0, 0.1) is 0 Å². The lowest BCUT2D eigenvalue weighted by atomic mass is 10.1. The lowest BCUT2D eigenvalue weighted by molar-refractivity contribution is -0.124. The van der Waals surface area contributed by atoms with Gasteiger partial charge in [0.05, 0.1) is 5.69 Å². The van der Waals surface area contributed by atoms with E-state index in [2.05, 4.69) is 10.3 Å². The molecular weight excluding hydrogens is 374 g/mol. The van der Waals surface area contributed by atoms with Crippen molar-refractivity contribution in [3.63, 3.8) is 0 Å². The van der Waals surface area contributed by atoms with Crippen LogP contribution in [-0.2, 0) is 11.2 Å². The lowest BCUT2D eigenvalue weighted by Crippen LogP contribution is -2.46. The number of likely N-dealkylation sites (tertiary alicyclic amines) is 1. The van der Waals surface area contributed by atoms with Gasteiger partial charge in [-0.1, -0.05) is 48.5 Å². The van der Waals surface area contributed by atoms with E-state index in [-0.39, 0.29) is 11.8 Å². The Balaban J connectivity index is 1.41. The summed E-state index contributed by atoms with van der Waals surface area (Å²) < 4.78 is 0. The minimum atomic E-state index is -0.410. The molecule has 1 atom stereocenters. The first-order valence-electron chi connectivity index (χ1n) is 10.4. The third kappa shape index (κ3) is 4.57. The molecule has 1 aliphatic heterocycles. The maximum atomic E-state index is 13.2. The van der Waals surface area contributed by atoms with Crippen molar-refractivity contribution in [3.05, 3.63) is 90.1 Å². The van der Waals surface area contributed by atoms with E-state index in [4.69, 9.17) is 0 Å². The minimum absolute atomic E-state index is 0.0716. The molecule has 5 heteroatoms. The second-order valence-electron chi connectivity index (χ2n) is 7.48. The van der Waals surface area contributed by atoms with Gasteiger partial charge in [0.1, 0.15) is 6.04 Å². The van der Waals surface area contributed by atoms with E-state index in [9.17, 15) is 9.59 Å². The Morgan fingerprint density at radius 2 is 1.83 bits per heavy atom. The van der Waals surface area contributed by atoms with Crippen LogP contribution in [0.5, 0.6) is 0 Å². The molecule has 1 aliphatic rings. The van der Waals surface area contributed by atoms with E-state index in [0.29, 0.717) is 25.1 Å². The molecule has 30 heavy (non-hydrogen) atoms. The molecule has 4 rings (SSSR count). The molecule has 2 aromatic carbocycles. The van der Waals surface area contributed by atoms with Gasteiger partial charge in [-0.2, -0.15) is 0 Å². The van der Waals surface area contributed by atoms with Gasteiger partial charge in [-0.15, -0.1) is 0 Å². The highest BCUT2D eigenvalue weighted by molar-refractivity contribution is 5.98. The van der Waals surface area contributed by atoms with Gasteiger partial charge in [-0.3, -0.25) is 14.6 Å². The second-order valence-corrected chi connectivity index (χ2v) is 7.48. The van der Waals surface area contributed by atoms with E-state index in [1.165, 1.54) is 5.56 Å². The van der Waals surface area contributed by atoms with Crippen molar-refractivity contribution >= 4 is 11.8 Å². The van der Waals surface area contributed by atoms with Gasteiger partial charge in [-0.05, 0) is 49.1 Å². The summed E-state index contributed by atoms with van der Waals surface area (Å²) >= 11 is 0. The van der Waals surface area contributed by atoms with E-state index >= 15 is 0 Å². The molecule has 1 aromatic heterocycles. The zero-order valence-electron chi connectivity index (χ0n) is 16.8. The van der Waals surface area contributed by atoms with Gasteiger partial charge < -0.3 is 10.2 Å². The van der Waals surface area contributed by atoms with Crippen molar-refractivity contribution in [2.45, 2.75) is 25.3 Å². The van der Waals surface area contributed by atoms with Crippen LogP contribution in [0.15, 0.2) is 79.0 Å². The van der Waals surface area contributed by atoms with Crippen molar-refractivity contribution in [2.24, 2.45) is 0 Å². The first kappa shape index (κ1) is 19.8. The van der Waals surface area contributed by atoms with Crippen molar-refractivity contribution in [2.75, 3.05) is 13.1 Å². The number of amides is 2. The van der Waals surface area contributed by atoms with E-state index in [1.807, 2.05) is 66.7 Å². The van der Waals surface area contributed by atoms with Gasteiger partial charge in [-0.25, -0.2) is 0 Å². The predicted octanol–water partition coefficient (Wildman–Crippen LogP) is 3.71. The summed E-state index contributed by atoms with van der Waals surface area (Å²) in [6.07, 6.45) is 4.05. The van der Waals surface area contributed by atoms with Gasteiger partial charge in [0.2, 0.25) is 5.91 Å². The van der Waals surface area contributed by atoms with Gasteiger partial charge >= 0.3 is 0 Å². The van der Waals surface area contributed by atoms with Crippen molar-refractivity contribution in [3.8, 4) is 11.3 Å². The highest BCUT2D eigenvalue weighted by atomic mass is 16.2. The number of carbonyl (C=O) groups is 2. The molecular formula is C25H25N3O2. The quantitative estimate of drug-likeness (QED) is 0.687. The molecule has 152 valence electrons. The van der Waals surface area contributed by atoms with E-state index < -0.39 is 6.04 Å². The van der Waals surface area contributed by atoms with E-state index in [0.717, 1.165) is 24.1 Å². The molecule has 1 saturated heterocycles. The summed E-state index contributed by atoms with van der Waals surface area (Å²) in [5, 5.41) is 3.00. The Kier molecular flexibility index (Phi) is 6.18. The third-order valence-corrected chi connectivity index (χ3v) is 5.44. The fraction of sp³-hybridized carbons (Fsp3) is 0.240. The Labute approximate surface area is 176 Å². The van der Waals surface area contributed by atoms with Crippen LogP contribution in [0.4, 0.5) is 0 Å². The Morgan fingerprint density at radius 1 is 1.00 bits per heavy atom. The average Bonchev–Trinajstić information content (AvgIpc) is 3.30. The van der Waals surface area contributed by atoms with Gasteiger partial charge in [0, 0.05) is 30.4 Å². The molecule has 2 amide bonds. The van der Waals surface area contributed by atoms with Crippen LogP contribution in [0.3, 0.4) is 0 Å². The largest absolute Gasteiger partial charge is 0.354 e. The van der Waals surface area contributed by atoms with Crippen molar-refractivity contribution < 1.29 is 9.59 Å². The van der Waals surface area contributed by atoms with Crippen molar-refractivity contribution in [1.82, 2.24) is 15.2 Å². The smallest absolute Gasteiger partial charge is 0.254 e. The topological polar surface area (TPSA) is 62.3 Å².